The van der Waals surface area contributed by atoms with E-state index in [0.717, 1.165) is 37.5 Å². The minimum atomic E-state index is -3.38. The van der Waals surface area contributed by atoms with Crippen LogP contribution < -0.4 is 15.4 Å². The van der Waals surface area contributed by atoms with Crippen LogP contribution in [0.15, 0.2) is 42.5 Å². The van der Waals surface area contributed by atoms with Crippen molar-refractivity contribution in [2.75, 3.05) is 24.7 Å². The van der Waals surface area contributed by atoms with Gasteiger partial charge in [0.05, 0.1) is 17.9 Å². The molecule has 1 saturated heterocycles. The Balaban J connectivity index is 1.36. The maximum atomic E-state index is 13.3. The molecule has 2 atom stereocenters. The third kappa shape index (κ3) is 7.11. The minimum Gasteiger partial charge on any atom is -0.339 e. The first-order valence-corrected chi connectivity index (χ1v) is 15.0. The van der Waals surface area contributed by atoms with E-state index in [1.807, 2.05) is 42.2 Å². The van der Waals surface area contributed by atoms with Gasteiger partial charge in [-0.1, -0.05) is 31.0 Å². The quantitative estimate of drug-likeness (QED) is 0.515. The normalized spacial score (nSPS) is 20.4. The van der Waals surface area contributed by atoms with E-state index in [-0.39, 0.29) is 18.0 Å². The standard InChI is InChI=1S/C28H35N5O4S/c1-19-7-10-23(27(34)33-15-13-22(14-16-33)21-11-8-20(18-29)9-12-21)17-26(19)31-28(35)30-24-5-3-4-6-25(24)32-38(2,36)37/h7-12,17,22,24-25,32H,3-6,13-16H2,1-2H3,(H2,30,31,35)/t24-,25-/m1/s1. The van der Waals surface area contributed by atoms with E-state index < -0.39 is 16.1 Å². The number of hydrogen-bond acceptors (Lipinski definition) is 5. The van der Waals surface area contributed by atoms with Gasteiger partial charge in [-0.2, -0.15) is 5.26 Å². The number of sulfonamides is 1. The summed E-state index contributed by atoms with van der Waals surface area (Å²) in [5.41, 5.74) is 3.71. The Bertz CT molecular complexity index is 1310. The lowest BCUT2D eigenvalue weighted by Crippen LogP contribution is -2.53. The van der Waals surface area contributed by atoms with Gasteiger partial charge in [0.2, 0.25) is 10.0 Å². The van der Waals surface area contributed by atoms with Crippen LogP contribution in [0.2, 0.25) is 0 Å². The molecular weight excluding hydrogens is 502 g/mol. The Labute approximate surface area is 224 Å². The van der Waals surface area contributed by atoms with Crippen molar-refractivity contribution >= 4 is 27.6 Å². The molecule has 2 fully saturated rings. The number of nitrogens with one attached hydrogen (secondary N) is 3. The lowest BCUT2D eigenvalue weighted by molar-refractivity contribution is 0.0713. The summed E-state index contributed by atoms with van der Waals surface area (Å²) in [6, 6.07) is 14.0. The topological polar surface area (TPSA) is 131 Å². The van der Waals surface area contributed by atoms with Crippen molar-refractivity contribution in [3.63, 3.8) is 0 Å². The van der Waals surface area contributed by atoms with Crippen molar-refractivity contribution < 1.29 is 18.0 Å². The van der Waals surface area contributed by atoms with Crippen LogP contribution in [0.5, 0.6) is 0 Å². The average molecular weight is 538 g/mol. The number of piperidine rings is 1. The molecule has 3 amide bonds. The third-order valence-corrected chi connectivity index (χ3v) is 8.20. The number of nitrogens with zero attached hydrogens (tertiary/aromatic N) is 2. The number of likely N-dealkylation sites (tertiary alicyclic amines) is 1. The van der Waals surface area contributed by atoms with Crippen molar-refractivity contribution in [1.29, 1.82) is 5.26 Å². The number of hydrogen-bond donors (Lipinski definition) is 3. The van der Waals surface area contributed by atoms with Crippen LogP contribution in [0.3, 0.4) is 0 Å². The maximum absolute atomic E-state index is 13.3. The molecule has 2 aromatic carbocycles. The van der Waals surface area contributed by atoms with Gasteiger partial charge < -0.3 is 15.5 Å². The molecule has 0 spiro atoms. The molecule has 3 N–H and O–H groups in total. The Morgan fingerprint density at radius 3 is 2.26 bits per heavy atom. The fourth-order valence-corrected chi connectivity index (χ4v) is 6.20. The van der Waals surface area contributed by atoms with Gasteiger partial charge in [-0.05, 0) is 73.9 Å². The summed E-state index contributed by atoms with van der Waals surface area (Å²) >= 11 is 0. The highest BCUT2D eigenvalue weighted by atomic mass is 32.2. The second-order valence-corrected chi connectivity index (χ2v) is 12.1. The predicted molar refractivity (Wildman–Crippen MR) is 146 cm³/mol. The number of rotatable bonds is 6. The summed E-state index contributed by atoms with van der Waals surface area (Å²) in [7, 11) is -3.38. The summed E-state index contributed by atoms with van der Waals surface area (Å²) in [6.07, 6.45) is 6.00. The number of carbonyl (C=O) groups excluding carboxylic acids is 2. The zero-order valence-electron chi connectivity index (χ0n) is 21.9. The van der Waals surface area contributed by atoms with Crippen LogP contribution in [-0.2, 0) is 10.0 Å². The van der Waals surface area contributed by atoms with E-state index in [1.165, 1.54) is 5.56 Å². The highest BCUT2D eigenvalue weighted by Crippen LogP contribution is 2.29. The highest BCUT2D eigenvalue weighted by molar-refractivity contribution is 7.88. The van der Waals surface area contributed by atoms with Gasteiger partial charge in [0.25, 0.3) is 5.91 Å². The van der Waals surface area contributed by atoms with E-state index in [0.29, 0.717) is 48.7 Å². The molecule has 0 unspecified atom stereocenters. The Hall–Kier alpha value is -3.42. The molecule has 38 heavy (non-hydrogen) atoms. The molecular formula is C28H35N5O4S. The van der Waals surface area contributed by atoms with Gasteiger partial charge in [0.1, 0.15) is 0 Å². The number of nitriles is 1. The first-order valence-electron chi connectivity index (χ1n) is 13.1. The number of carbonyl (C=O) groups is 2. The Morgan fingerprint density at radius 2 is 1.63 bits per heavy atom. The molecule has 1 aliphatic heterocycles. The summed E-state index contributed by atoms with van der Waals surface area (Å²) in [5, 5.41) is 14.8. The molecule has 4 rings (SSSR count). The Morgan fingerprint density at radius 1 is 0.974 bits per heavy atom. The third-order valence-electron chi connectivity index (χ3n) is 7.47. The molecule has 0 aromatic heterocycles. The number of amides is 3. The van der Waals surface area contributed by atoms with Gasteiger partial charge in [-0.25, -0.2) is 17.9 Å². The summed E-state index contributed by atoms with van der Waals surface area (Å²) < 4.78 is 26.1. The second-order valence-electron chi connectivity index (χ2n) is 10.3. The van der Waals surface area contributed by atoms with Crippen molar-refractivity contribution in [3.05, 3.63) is 64.7 Å². The molecule has 2 aromatic rings. The zero-order valence-corrected chi connectivity index (χ0v) is 22.7. The van der Waals surface area contributed by atoms with Gasteiger partial charge in [0, 0.05) is 36.4 Å². The van der Waals surface area contributed by atoms with Crippen LogP contribution in [0.1, 0.15) is 71.5 Å². The molecule has 1 heterocycles. The second kappa shape index (κ2) is 12.0. The number of aryl methyl sites for hydroxylation is 1. The molecule has 1 saturated carbocycles. The summed E-state index contributed by atoms with van der Waals surface area (Å²) in [5.74, 6) is 0.281. The van der Waals surface area contributed by atoms with Crippen molar-refractivity contribution in [3.8, 4) is 6.07 Å². The molecule has 0 bridgehead atoms. The van der Waals surface area contributed by atoms with Crippen LogP contribution in [0.4, 0.5) is 10.5 Å². The lowest BCUT2D eigenvalue weighted by Gasteiger charge is -2.33. The fraction of sp³-hybridized carbons (Fsp3) is 0.464. The van der Waals surface area contributed by atoms with E-state index >= 15 is 0 Å². The zero-order chi connectivity index (χ0) is 27.3. The lowest BCUT2D eigenvalue weighted by atomic mass is 9.89. The van der Waals surface area contributed by atoms with Crippen molar-refractivity contribution in [2.45, 2.75) is 63.5 Å². The van der Waals surface area contributed by atoms with Gasteiger partial charge in [0.15, 0.2) is 0 Å². The van der Waals surface area contributed by atoms with E-state index in [2.05, 4.69) is 21.4 Å². The van der Waals surface area contributed by atoms with Crippen LogP contribution in [0, 0.1) is 18.3 Å². The minimum absolute atomic E-state index is 0.0727. The van der Waals surface area contributed by atoms with Crippen LogP contribution >= 0.6 is 0 Å². The van der Waals surface area contributed by atoms with Crippen LogP contribution in [-0.4, -0.2) is 56.7 Å². The van der Waals surface area contributed by atoms with Crippen molar-refractivity contribution in [2.24, 2.45) is 0 Å². The SMILES string of the molecule is Cc1ccc(C(=O)N2CCC(c3ccc(C#N)cc3)CC2)cc1NC(=O)N[C@@H]1CCCC[C@H]1NS(C)(=O)=O. The molecule has 10 heteroatoms. The summed E-state index contributed by atoms with van der Waals surface area (Å²) in [6.45, 7) is 3.13. The van der Waals surface area contributed by atoms with Crippen LogP contribution in [0.25, 0.3) is 0 Å². The molecule has 202 valence electrons. The summed E-state index contributed by atoms with van der Waals surface area (Å²) in [4.78, 5) is 27.9. The highest BCUT2D eigenvalue weighted by Gasteiger charge is 2.29. The number of anilines is 1. The number of urea groups is 1. The monoisotopic (exact) mass is 537 g/mol. The average Bonchev–Trinajstić information content (AvgIpc) is 2.90. The largest absolute Gasteiger partial charge is 0.339 e. The predicted octanol–water partition coefficient (Wildman–Crippen LogP) is 3.87. The first kappa shape index (κ1) is 27.6. The van der Waals surface area contributed by atoms with Gasteiger partial charge in [-0.15, -0.1) is 0 Å². The smallest absolute Gasteiger partial charge is 0.319 e. The maximum Gasteiger partial charge on any atom is 0.319 e. The molecule has 1 aliphatic carbocycles. The van der Waals surface area contributed by atoms with Gasteiger partial charge in [-0.3, -0.25) is 4.79 Å². The Kier molecular flexibility index (Phi) is 8.69. The van der Waals surface area contributed by atoms with Crippen molar-refractivity contribution in [1.82, 2.24) is 14.9 Å². The molecule has 9 nitrogen and oxygen atoms in total. The molecule has 0 radical (unpaired) electrons. The van der Waals surface area contributed by atoms with Gasteiger partial charge >= 0.3 is 6.03 Å². The van der Waals surface area contributed by atoms with E-state index in [1.54, 1.807) is 12.1 Å². The molecule has 2 aliphatic rings. The van der Waals surface area contributed by atoms with E-state index in [9.17, 15) is 18.0 Å². The first-order chi connectivity index (χ1) is 18.1. The number of benzene rings is 2. The fourth-order valence-electron chi connectivity index (χ4n) is 5.36. The van der Waals surface area contributed by atoms with E-state index in [4.69, 9.17) is 5.26 Å².